The van der Waals surface area contributed by atoms with Gasteiger partial charge in [0.05, 0.1) is 0 Å². The van der Waals surface area contributed by atoms with Crippen LogP contribution in [0.25, 0.3) is 0 Å². The van der Waals surface area contributed by atoms with E-state index in [-0.39, 0.29) is 24.7 Å². The van der Waals surface area contributed by atoms with Crippen LogP contribution in [0.1, 0.15) is 37.0 Å². The van der Waals surface area contributed by atoms with Crippen LogP contribution in [-0.2, 0) is 17.8 Å². The number of carbonyl (C=O) groups is 1. The summed E-state index contributed by atoms with van der Waals surface area (Å²) >= 11 is 3.42. The summed E-state index contributed by atoms with van der Waals surface area (Å²) in [5, 5.41) is 0. The molecule has 0 atom stereocenters. The Bertz CT molecular complexity index is 744. The number of esters is 1. The molecule has 0 aromatic heterocycles. The lowest BCUT2D eigenvalue weighted by atomic mass is 10.1. The Kier molecular flexibility index (Phi) is 6.37. The summed E-state index contributed by atoms with van der Waals surface area (Å²) in [5.41, 5.74) is 2.60. The van der Waals surface area contributed by atoms with Crippen molar-refractivity contribution in [2.45, 2.75) is 40.2 Å². The number of hydrogen-bond acceptors (Lipinski definition) is 3. The lowest BCUT2D eigenvalue weighted by Gasteiger charge is -2.14. The number of ether oxygens (including phenoxy) is 2. The fourth-order valence-corrected chi connectivity index (χ4v) is 2.77. The van der Waals surface area contributed by atoms with E-state index in [4.69, 9.17) is 9.47 Å². The third-order valence-electron chi connectivity index (χ3n) is 3.73. The molecule has 0 saturated carbocycles. The van der Waals surface area contributed by atoms with Crippen molar-refractivity contribution in [3.05, 3.63) is 57.3 Å². The van der Waals surface area contributed by atoms with Gasteiger partial charge >= 0.3 is 5.97 Å². The monoisotopic (exact) mass is 394 g/mol. The van der Waals surface area contributed by atoms with Gasteiger partial charge in [-0.15, -0.1) is 0 Å². The molecule has 0 saturated heterocycles. The molecule has 2 aromatic carbocycles. The zero-order valence-corrected chi connectivity index (χ0v) is 15.6. The van der Waals surface area contributed by atoms with Crippen LogP contribution in [0.5, 0.6) is 11.5 Å². The molecule has 0 aliphatic rings. The average molecular weight is 395 g/mol. The Labute approximate surface area is 149 Å². The van der Waals surface area contributed by atoms with Crippen LogP contribution in [0.3, 0.4) is 0 Å². The first-order valence-electron chi connectivity index (χ1n) is 7.86. The van der Waals surface area contributed by atoms with Gasteiger partial charge in [-0.3, -0.25) is 4.79 Å². The predicted octanol–water partition coefficient (Wildman–Crippen LogP) is 5.35. The maximum Gasteiger partial charge on any atom is 0.310 e. The second kappa shape index (κ2) is 8.29. The fraction of sp³-hybridized carbons (Fsp3) is 0.316. The molecule has 0 fully saturated rings. The van der Waals surface area contributed by atoms with E-state index in [1.54, 1.807) is 25.1 Å². The molecule has 0 radical (unpaired) electrons. The summed E-state index contributed by atoms with van der Waals surface area (Å²) in [6, 6.07) is 8.49. The number of aryl methyl sites for hydroxylation is 2. The van der Waals surface area contributed by atoms with Gasteiger partial charge in [0.15, 0.2) is 11.6 Å². The third kappa shape index (κ3) is 4.35. The summed E-state index contributed by atoms with van der Waals surface area (Å²) in [6.45, 7) is 5.73. The van der Waals surface area contributed by atoms with E-state index in [1.165, 1.54) is 6.07 Å². The zero-order valence-electron chi connectivity index (χ0n) is 14.0. The van der Waals surface area contributed by atoms with Gasteiger partial charge in [0.25, 0.3) is 0 Å². The first kappa shape index (κ1) is 18.5. The number of rotatable bonds is 6. The molecular formula is C19H20BrFO3. The van der Waals surface area contributed by atoms with E-state index in [0.717, 1.165) is 22.0 Å². The Balaban J connectivity index is 2.23. The van der Waals surface area contributed by atoms with Crippen LogP contribution < -0.4 is 9.47 Å². The molecule has 0 N–H and O–H groups in total. The smallest absolute Gasteiger partial charge is 0.310 e. The van der Waals surface area contributed by atoms with Crippen LogP contribution in [0.15, 0.2) is 34.8 Å². The molecule has 0 bridgehead atoms. The molecule has 0 spiro atoms. The van der Waals surface area contributed by atoms with E-state index in [2.05, 4.69) is 15.9 Å². The Morgan fingerprint density at radius 3 is 2.62 bits per heavy atom. The normalized spacial score (nSPS) is 10.5. The molecular weight excluding hydrogens is 375 g/mol. The third-order valence-corrected chi connectivity index (χ3v) is 4.47. The lowest BCUT2D eigenvalue weighted by Crippen LogP contribution is -2.09. The van der Waals surface area contributed by atoms with E-state index in [9.17, 15) is 9.18 Å². The number of carbonyl (C=O) groups excluding carboxylic acids is 1. The van der Waals surface area contributed by atoms with Crippen molar-refractivity contribution in [1.29, 1.82) is 0 Å². The lowest BCUT2D eigenvalue weighted by molar-refractivity contribution is -0.134. The number of hydrogen-bond donors (Lipinski definition) is 0. The molecule has 0 heterocycles. The highest BCUT2D eigenvalue weighted by molar-refractivity contribution is 9.10. The molecule has 128 valence electrons. The highest BCUT2D eigenvalue weighted by Crippen LogP contribution is 2.30. The quantitative estimate of drug-likeness (QED) is 0.488. The minimum Gasteiger partial charge on any atom is -0.486 e. The van der Waals surface area contributed by atoms with Gasteiger partial charge in [0.1, 0.15) is 12.4 Å². The van der Waals surface area contributed by atoms with E-state index < -0.39 is 5.82 Å². The van der Waals surface area contributed by atoms with Crippen LogP contribution in [-0.4, -0.2) is 5.97 Å². The van der Waals surface area contributed by atoms with E-state index in [0.29, 0.717) is 11.3 Å². The van der Waals surface area contributed by atoms with E-state index in [1.807, 2.05) is 19.9 Å². The van der Waals surface area contributed by atoms with Crippen LogP contribution in [0.2, 0.25) is 0 Å². The standard InChI is InChI=1S/C19H20BrFO3/c1-4-13-10-16(21)18(9-12(13)3)23-11-14-15(20)7-6-8-17(14)24-19(22)5-2/h6-10H,4-5,11H2,1-3H3. The topological polar surface area (TPSA) is 35.5 Å². The molecule has 5 heteroatoms. The van der Waals surface area contributed by atoms with Crippen molar-refractivity contribution in [1.82, 2.24) is 0 Å². The van der Waals surface area contributed by atoms with Crippen molar-refractivity contribution in [3.63, 3.8) is 0 Å². The Morgan fingerprint density at radius 2 is 1.96 bits per heavy atom. The van der Waals surface area contributed by atoms with Gasteiger partial charge in [-0.1, -0.05) is 35.8 Å². The van der Waals surface area contributed by atoms with Gasteiger partial charge in [-0.05, 0) is 48.7 Å². The first-order valence-corrected chi connectivity index (χ1v) is 8.65. The summed E-state index contributed by atoms with van der Waals surface area (Å²) < 4.78 is 25.9. The molecule has 0 aliphatic heterocycles. The molecule has 0 unspecified atom stereocenters. The minimum absolute atomic E-state index is 0.0928. The van der Waals surface area contributed by atoms with Gasteiger partial charge in [-0.2, -0.15) is 0 Å². The second-order valence-electron chi connectivity index (χ2n) is 5.40. The summed E-state index contributed by atoms with van der Waals surface area (Å²) in [5.74, 6) is -0.118. The van der Waals surface area contributed by atoms with E-state index >= 15 is 0 Å². The Hall–Kier alpha value is -1.88. The van der Waals surface area contributed by atoms with Crippen molar-refractivity contribution in [2.75, 3.05) is 0 Å². The maximum absolute atomic E-state index is 14.2. The minimum atomic E-state index is -0.392. The summed E-state index contributed by atoms with van der Waals surface area (Å²) in [7, 11) is 0. The van der Waals surface area contributed by atoms with Crippen LogP contribution in [0, 0.1) is 12.7 Å². The van der Waals surface area contributed by atoms with Crippen LogP contribution >= 0.6 is 15.9 Å². The van der Waals surface area contributed by atoms with Gasteiger partial charge in [0.2, 0.25) is 0 Å². The highest BCUT2D eigenvalue weighted by atomic mass is 79.9. The van der Waals surface area contributed by atoms with Crippen LogP contribution in [0.4, 0.5) is 4.39 Å². The van der Waals surface area contributed by atoms with Crippen molar-refractivity contribution in [3.8, 4) is 11.5 Å². The molecule has 24 heavy (non-hydrogen) atoms. The van der Waals surface area contributed by atoms with Gasteiger partial charge in [-0.25, -0.2) is 4.39 Å². The molecule has 0 amide bonds. The molecule has 0 aliphatic carbocycles. The number of benzene rings is 2. The first-order chi connectivity index (χ1) is 11.5. The number of halogens is 2. The zero-order chi connectivity index (χ0) is 17.7. The van der Waals surface area contributed by atoms with Crippen molar-refractivity contribution in [2.24, 2.45) is 0 Å². The Morgan fingerprint density at radius 1 is 1.21 bits per heavy atom. The molecule has 2 rings (SSSR count). The fourth-order valence-electron chi connectivity index (χ4n) is 2.31. The summed E-state index contributed by atoms with van der Waals surface area (Å²) in [4.78, 5) is 11.5. The largest absolute Gasteiger partial charge is 0.486 e. The SMILES string of the molecule is CCC(=O)Oc1cccc(Br)c1COc1cc(C)c(CC)cc1F. The van der Waals surface area contributed by atoms with Crippen molar-refractivity contribution < 1.29 is 18.7 Å². The maximum atomic E-state index is 14.2. The van der Waals surface area contributed by atoms with Gasteiger partial charge in [0, 0.05) is 16.5 Å². The average Bonchev–Trinajstić information content (AvgIpc) is 2.56. The highest BCUT2D eigenvalue weighted by Gasteiger charge is 2.14. The summed E-state index contributed by atoms with van der Waals surface area (Å²) in [6.07, 6.45) is 1.05. The molecule has 3 nitrogen and oxygen atoms in total. The van der Waals surface area contributed by atoms with Gasteiger partial charge < -0.3 is 9.47 Å². The van der Waals surface area contributed by atoms with Crippen molar-refractivity contribution >= 4 is 21.9 Å². The molecule has 2 aromatic rings. The second-order valence-corrected chi connectivity index (χ2v) is 6.25. The predicted molar refractivity (Wildman–Crippen MR) is 94.9 cm³/mol.